The van der Waals surface area contributed by atoms with Gasteiger partial charge in [-0.05, 0) is 18.8 Å². The molecule has 11 heavy (non-hydrogen) atoms. The van der Waals surface area contributed by atoms with Crippen molar-refractivity contribution in [3.63, 3.8) is 0 Å². The molecule has 1 amide bonds. The van der Waals surface area contributed by atoms with Crippen molar-refractivity contribution >= 4 is 5.91 Å². The van der Waals surface area contributed by atoms with Crippen molar-refractivity contribution in [2.45, 2.75) is 25.3 Å². The maximum absolute atomic E-state index is 11.2. The minimum Gasteiger partial charge on any atom is -0.320 e. The summed E-state index contributed by atoms with van der Waals surface area (Å²) >= 11 is 0. The van der Waals surface area contributed by atoms with Gasteiger partial charge in [0.05, 0.1) is 6.04 Å². The van der Waals surface area contributed by atoms with Gasteiger partial charge in [0, 0.05) is 7.05 Å². The second-order valence-corrected chi connectivity index (χ2v) is 3.17. The van der Waals surface area contributed by atoms with E-state index >= 15 is 0 Å². The summed E-state index contributed by atoms with van der Waals surface area (Å²) in [5, 5.41) is 1.07. The molecule has 4 heteroatoms. The first-order chi connectivity index (χ1) is 5.13. The number of rotatable bonds is 2. The van der Waals surface area contributed by atoms with Crippen molar-refractivity contribution in [3.05, 3.63) is 0 Å². The maximum Gasteiger partial charge on any atom is 0.253 e. The molecular formula is C7H15N3O. The van der Waals surface area contributed by atoms with Gasteiger partial charge in [0.1, 0.15) is 0 Å². The van der Waals surface area contributed by atoms with Crippen LogP contribution in [-0.2, 0) is 4.79 Å². The van der Waals surface area contributed by atoms with Crippen LogP contribution in [0.4, 0.5) is 0 Å². The summed E-state index contributed by atoms with van der Waals surface area (Å²) in [6, 6.07) is -0.376. The molecule has 0 heterocycles. The van der Waals surface area contributed by atoms with Gasteiger partial charge in [0.15, 0.2) is 0 Å². The van der Waals surface area contributed by atoms with E-state index in [2.05, 4.69) is 0 Å². The van der Waals surface area contributed by atoms with E-state index in [1.54, 1.807) is 0 Å². The molecule has 0 aromatic rings. The fourth-order valence-electron chi connectivity index (χ4n) is 1.24. The third-order valence-electron chi connectivity index (χ3n) is 2.29. The minimum absolute atomic E-state index is 0.158. The molecule has 1 saturated carbocycles. The number of amides is 1. The monoisotopic (exact) mass is 157 g/mol. The van der Waals surface area contributed by atoms with Crippen LogP contribution in [0.3, 0.4) is 0 Å². The second kappa shape index (κ2) is 3.19. The first-order valence-corrected chi connectivity index (χ1v) is 3.90. The Morgan fingerprint density at radius 2 is 2.18 bits per heavy atom. The van der Waals surface area contributed by atoms with E-state index in [4.69, 9.17) is 11.6 Å². The zero-order chi connectivity index (χ0) is 8.43. The Hall–Kier alpha value is -0.610. The van der Waals surface area contributed by atoms with Crippen molar-refractivity contribution in [1.82, 2.24) is 5.01 Å². The Morgan fingerprint density at radius 3 is 2.45 bits per heavy atom. The molecule has 0 aromatic heterocycles. The Bertz CT molecular complexity index is 154. The van der Waals surface area contributed by atoms with E-state index in [1.165, 1.54) is 13.5 Å². The third kappa shape index (κ3) is 1.70. The molecule has 1 fully saturated rings. The van der Waals surface area contributed by atoms with E-state index in [9.17, 15) is 4.79 Å². The molecule has 1 aliphatic carbocycles. The van der Waals surface area contributed by atoms with Gasteiger partial charge in [0.25, 0.3) is 5.91 Å². The largest absolute Gasteiger partial charge is 0.320 e. The molecule has 0 bridgehead atoms. The molecule has 1 aliphatic rings. The topological polar surface area (TPSA) is 72.3 Å². The van der Waals surface area contributed by atoms with Crippen LogP contribution in [0.5, 0.6) is 0 Å². The van der Waals surface area contributed by atoms with E-state index in [0.717, 1.165) is 17.9 Å². The van der Waals surface area contributed by atoms with E-state index < -0.39 is 0 Å². The van der Waals surface area contributed by atoms with Crippen LogP contribution >= 0.6 is 0 Å². The van der Waals surface area contributed by atoms with Gasteiger partial charge in [-0.15, -0.1) is 0 Å². The van der Waals surface area contributed by atoms with Gasteiger partial charge in [-0.3, -0.25) is 9.80 Å². The lowest BCUT2D eigenvalue weighted by Crippen LogP contribution is -2.50. The summed E-state index contributed by atoms with van der Waals surface area (Å²) in [7, 11) is 1.53. The highest BCUT2D eigenvalue weighted by Gasteiger charge is 2.30. The zero-order valence-corrected chi connectivity index (χ0v) is 6.79. The van der Waals surface area contributed by atoms with Crippen molar-refractivity contribution < 1.29 is 4.79 Å². The summed E-state index contributed by atoms with van der Waals surface area (Å²) in [5.41, 5.74) is 5.65. The summed E-state index contributed by atoms with van der Waals surface area (Å²) in [5.74, 6) is 5.47. The van der Waals surface area contributed by atoms with Crippen LogP contribution in [0.15, 0.2) is 0 Å². The predicted octanol–water partition coefficient (Wildman–Crippen LogP) is -0.554. The smallest absolute Gasteiger partial charge is 0.253 e. The van der Waals surface area contributed by atoms with Crippen molar-refractivity contribution in [3.8, 4) is 0 Å². The van der Waals surface area contributed by atoms with Crippen LogP contribution in [0.1, 0.15) is 19.3 Å². The number of hydrazine groups is 1. The summed E-state index contributed by atoms with van der Waals surface area (Å²) < 4.78 is 0. The van der Waals surface area contributed by atoms with Crippen LogP contribution in [0.2, 0.25) is 0 Å². The SMILES string of the molecule is CN(N)C(=O)C(N)C1CCC1. The van der Waals surface area contributed by atoms with Crippen LogP contribution in [-0.4, -0.2) is 24.0 Å². The fraction of sp³-hybridized carbons (Fsp3) is 0.857. The van der Waals surface area contributed by atoms with Crippen molar-refractivity contribution in [2.75, 3.05) is 7.05 Å². The van der Waals surface area contributed by atoms with Crippen LogP contribution in [0.25, 0.3) is 0 Å². The Labute approximate surface area is 66.5 Å². The Morgan fingerprint density at radius 1 is 1.64 bits per heavy atom. The number of nitrogens with zero attached hydrogens (tertiary/aromatic N) is 1. The third-order valence-corrected chi connectivity index (χ3v) is 2.29. The summed E-state index contributed by atoms with van der Waals surface area (Å²) in [6.07, 6.45) is 3.33. The number of carbonyl (C=O) groups excluding carboxylic acids is 1. The maximum atomic E-state index is 11.2. The number of carbonyl (C=O) groups is 1. The second-order valence-electron chi connectivity index (χ2n) is 3.17. The molecule has 0 radical (unpaired) electrons. The van der Waals surface area contributed by atoms with E-state index in [1.807, 2.05) is 0 Å². The Kier molecular flexibility index (Phi) is 2.46. The average Bonchev–Trinajstić information content (AvgIpc) is 1.82. The van der Waals surface area contributed by atoms with Gasteiger partial charge in [-0.1, -0.05) is 6.42 Å². The lowest BCUT2D eigenvalue weighted by molar-refractivity contribution is -0.133. The lowest BCUT2D eigenvalue weighted by Gasteiger charge is -2.31. The predicted molar refractivity (Wildman–Crippen MR) is 42.3 cm³/mol. The molecule has 4 N–H and O–H groups in total. The molecule has 0 saturated heterocycles. The highest BCUT2D eigenvalue weighted by molar-refractivity contribution is 5.81. The van der Waals surface area contributed by atoms with Gasteiger partial charge in [-0.2, -0.15) is 0 Å². The summed E-state index contributed by atoms with van der Waals surface area (Å²) in [4.78, 5) is 11.2. The molecule has 1 unspecified atom stereocenters. The van der Waals surface area contributed by atoms with E-state index in [-0.39, 0.29) is 11.9 Å². The standard InChI is InChI=1S/C7H15N3O/c1-10(9)7(11)6(8)5-3-2-4-5/h5-6H,2-4,8-9H2,1H3. The van der Waals surface area contributed by atoms with E-state index in [0.29, 0.717) is 5.92 Å². The highest BCUT2D eigenvalue weighted by Crippen LogP contribution is 2.28. The lowest BCUT2D eigenvalue weighted by atomic mass is 9.80. The van der Waals surface area contributed by atoms with Gasteiger partial charge in [-0.25, -0.2) is 5.84 Å². The van der Waals surface area contributed by atoms with Gasteiger partial charge >= 0.3 is 0 Å². The molecular weight excluding hydrogens is 142 g/mol. The van der Waals surface area contributed by atoms with Crippen molar-refractivity contribution in [2.24, 2.45) is 17.5 Å². The number of likely N-dealkylation sites (N-methyl/N-ethyl adjacent to an activating group) is 1. The highest BCUT2D eigenvalue weighted by atomic mass is 16.2. The quantitative estimate of drug-likeness (QED) is 0.321. The molecule has 4 nitrogen and oxygen atoms in total. The molecule has 1 rings (SSSR count). The number of nitrogens with two attached hydrogens (primary N) is 2. The van der Waals surface area contributed by atoms with Crippen LogP contribution < -0.4 is 11.6 Å². The number of hydrogen-bond acceptors (Lipinski definition) is 3. The van der Waals surface area contributed by atoms with Crippen molar-refractivity contribution in [1.29, 1.82) is 0 Å². The first kappa shape index (κ1) is 8.49. The minimum atomic E-state index is -0.376. The molecule has 0 aromatic carbocycles. The zero-order valence-electron chi connectivity index (χ0n) is 6.79. The molecule has 0 spiro atoms. The van der Waals surface area contributed by atoms with Crippen LogP contribution in [0, 0.1) is 5.92 Å². The molecule has 1 atom stereocenters. The number of hydrogen-bond donors (Lipinski definition) is 2. The normalized spacial score (nSPS) is 20.6. The average molecular weight is 157 g/mol. The Balaban J connectivity index is 2.39. The summed E-state index contributed by atoms with van der Waals surface area (Å²) in [6.45, 7) is 0. The molecule has 64 valence electrons. The first-order valence-electron chi connectivity index (χ1n) is 3.90. The van der Waals surface area contributed by atoms with Gasteiger partial charge < -0.3 is 5.73 Å². The fourth-order valence-corrected chi connectivity index (χ4v) is 1.24. The van der Waals surface area contributed by atoms with Gasteiger partial charge in [0.2, 0.25) is 0 Å². The molecule has 0 aliphatic heterocycles.